The summed E-state index contributed by atoms with van der Waals surface area (Å²) in [4.78, 5) is 14.3. The summed E-state index contributed by atoms with van der Waals surface area (Å²) in [5.41, 5.74) is 1.79. The maximum atomic E-state index is 14.4. The highest BCUT2D eigenvalue weighted by Gasteiger charge is 2.35. The number of alkyl halides is 3. The molecule has 4 aromatic rings. The van der Waals surface area contributed by atoms with Crippen LogP contribution in [0.5, 0.6) is 5.88 Å². The number of ether oxygens (including phenoxy) is 1. The maximum absolute atomic E-state index is 14.4. The van der Waals surface area contributed by atoms with E-state index in [2.05, 4.69) is 25.0 Å². The second kappa shape index (κ2) is 12.7. The van der Waals surface area contributed by atoms with Crippen LogP contribution in [0.3, 0.4) is 0 Å². The molecule has 0 radical (unpaired) electrons. The number of hydrogen-bond acceptors (Lipinski definition) is 8. The summed E-state index contributed by atoms with van der Waals surface area (Å²) in [7, 11) is -3.50. The lowest BCUT2D eigenvalue weighted by Crippen LogP contribution is -2.33. The first-order valence-electron chi connectivity index (χ1n) is 13.4. The second-order valence-corrected chi connectivity index (χ2v) is 13.1. The highest BCUT2D eigenvalue weighted by atomic mass is 35.5. The van der Waals surface area contributed by atoms with Gasteiger partial charge in [0.2, 0.25) is 5.82 Å². The predicted octanol–water partition coefficient (Wildman–Crippen LogP) is 5.72. The van der Waals surface area contributed by atoms with Crippen LogP contribution in [-0.4, -0.2) is 57.8 Å². The van der Waals surface area contributed by atoms with Crippen molar-refractivity contribution in [3.8, 4) is 17.3 Å². The van der Waals surface area contributed by atoms with Gasteiger partial charge in [-0.25, -0.2) is 27.2 Å². The average Bonchev–Trinajstić information content (AvgIpc) is 3.45. The number of pyridine rings is 2. The number of aromatic amines is 1. The van der Waals surface area contributed by atoms with Crippen molar-refractivity contribution in [1.82, 2.24) is 30.0 Å². The van der Waals surface area contributed by atoms with Crippen molar-refractivity contribution < 1.29 is 35.1 Å². The molecule has 0 saturated carbocycles. The summed E-state index contributed by atoms with van der Waals surface area (Å²) in [6.07, 6.45) is -1.03. The molecule has 3 aromatic heterocycles. The van der Waals surface area contributed by atoms with Gasteiger partial charge in [0.1, 0.15) is 12.4 Å². The molecule has 1 aromatic carbocycles. The van der Waals surface area contributed by atoms with Gasteiger partial charge in [-0.05, 0) is 61.8 Å². The minimum absolute atomic E-state index is 0.0131. The molecule has 1 saturated heterocycles. The van der Waals surface area contributed by atoms with Crippen molar-refractivity contribution in [2.24, 2.45) is 0 Å². The normalized spacial score (nSPS) is 15.1. The molecule has 1 N–H and O–H groups in total. The Morgan fingerprint density at radius 1 is 1.05 bits per heavy atom. The standard InChI is InChI=1S/C28H26ClF5N6O3S/c1-44(41,42)15-19-10-18(25-37-27(39-38-25)28(32,33)34)12-35-24(19)13-40-8-6-16(7-9-40)23-5-4-21(30)26(36-23)43-14-17-2-3-20(29)11-22(17)31/h2-5,10-12,16H,6-9,13-15H2,1H3,(H,37,38,39). The van der Waals surface area contributed by atoms with Crippen molar-refractivity contribution in [2.75, 3.05) is 19.3 Å². The Bertz CT molecular complexity index is 1760. The van der Waals surface area contributed by atoms with Gasteiger partial charge in [0.25, 0.3) is 5.88 Å². The average molecular weight is 657 g/mol. The summed E-state index contributed by atoms with van der Waals surface area (Å²) < 4.78 is 97.2. The van der Waals surface area contributed by atoms with Gasteiger partial charge < -0.3 is 4.74 Å². The van der Waals surface area contributed by atoms with Gasteiger partial charge in [-0.3, -0.25) is 15.0 Å². The minimum atomic E-state index is -4.71. The predicted molar refractivity (Wildman–Crippen MR) is 150 cm³/mol. The number of nitrogens with zero attached hydrogens (tertiary/aromatic N) is 5. The van der Waals surface area contributed by atoms with Crippen molar-refractivity contribution in [3.63, 3.8) is 0 Å². The molecule has 5 rings (SSSR count). The Hall–Kier alpha value is -3.69. The van der Waals surface area contributed by atoms with E-state index in [9.17, 15) is 30.4 Å². The molecule has 1 fully saturated rings. The van der Waals surface area contributed by atoms with E-state index in [1.807, 2.05) is 5.10 Å². The van der Waals surface area contributed by atoms with Crippen molar-refractivity contribution >= 4 is 21.4 Å². The molecule has 0 bridgehead atoms. The van der Waals surface area contributed by atoms with Crippen LogP contribution in [-0.2, 0) is 34.9 Å². The minimum Gasteiger partial charge on any atom is -0.471 e. The monoisotopic (exact) mass is 656 g/mol. The number of halogens is 6. The third-order valence-corrected chi connectivity index (χ3v) is 8.15. The van der Waals surface area contributed by atoms with Gasteiger partial charge in [0, 0.05) is 46.8 Å². The number of aromatic nitrogens is 5. The van der Waals surface area contributed by atoms with E-state index in [0.717, 1.165) is 12.3 Å². The van der Waals surface area contributed by atoms with E-state index in [4.69, 9.17) is 16.3 Å². The molecule has 9 nitrogen and oxygen atoms in total. The van der Waals surface area contributed by atoms with Crippen molar-refractivity contribution in [1.29, 1.82) is 0 Å². The largest absolute Gasteiger partial charge is 0.471 e. The van der Waals surface area contributed by atoms with Crippen LogP contribution in [0.4, 0.5) is 22.0 Å². The molecule has 1 aliphatic heterocycles. The smallest absolute Gasteiger partial charge is 0.451 e. The number of H-pyrrole nitrogens is 1. The number of sulfone groups is 1. The molecule has 16 heteroatoms. The zero-order chi connectivity index (χ0) is 31.6. The molecule has 0 unspecified atom stereocenters. The first-order valence-corrected chi connectivity index (χ1v) is 15.8. The van der Waals surface area contributed by atoms with Crippen LogP contribution in [0.25, 0.3) is 11.4 Å². The lowest BCUT2D eigenvalue weighted by molar-refractivity contribution is -0.144. The Kier molecular flexibility index (Phi) is 9.18. The topological polar surface area (TPSA) is 114 Å². The number of piperidine rings is 1. The van der Waals surface area contributed by atoms with Gasteiger partial charge in [0.15, 0.2) is 21.5 Å². The van der Waals surface area contributed by atoms with E-state index in [0.29, 0.717) is 49.4 Å². The molecule has 234 valence electrons. The zero-order valence-corrected chi connectivity index (χ0v) is 24.8. The Morgan fingerprint density at radius 2 is 1.80 bits per heavy atom. The third-order valence-electron chi connectivity index (χ3n) is 7.08. The SMILES string of the molecule is CS(=O)(=O)Cc1cc(-c2n[nH]c(C(F)(F)F)n2)cnc1CN1CCC(c2ccc(F)c(OCc3ccc(Cl)cc3F)n2)CC1. The van der Waals surface area contributed by atoms with Crippen LogP contribution in [0.15, 0.2) is 42.6 Å². The number of nitrogens with one attached hydrogen (secondary N) is 1. The molecule has 44 heavy (non-hydrogen) atoms. The van der Waals surface area contributed by atoms with E-state index in [-0.39, 0.29) is 46.1 Å². The molecular formula is C28H26ClF5N6O3S. The maximum Gasteiger partial charge on any atom is 0.451 e. The fraction of sp³-hybridized carbons (Fsp3) is 0.357. The Morgan fingerprint density at radius 3 is 2.45 bits per heavy atom. The van der Waals surface area contributed by atoms with Gasteiger partial charge in [-0.15, -0.1) is 0 Å². The highest BCUT2D eigenvalue weighted by molar-refractivity contribution is 7.89. The fourth-order valence-electron chi connectivity index (χ4n) is 4.88. The number of benzene rings is 1. The summed E-state index contributed by atoms with van der Waals surface area (Å²) in [6.45, 7) is 1.26. The Labute approximate surface area is 254 Å². The van der Waals surface area contributed by atoms with Crippen LogP contribution < -0.4 is 4.74 Å². The first kappa shape index (κ1) is 31.7. The van der Waals surface area contributed by atoms with E-state index in [1.54, 1.807) is 6.07 Å². The lowest BCUT2D eigenvalue weighted by Gasteiger charge is -2.32. The van der Waals surface area contributed by atoms with Gasteiger partial charge in [-0.1, -0.05) is 17.7 Å². The molecular weight excluding hydrogens is 631 g/mol. The quantitative estimate of drug-likeness (QED) is 0.228. The zero-order valence-electron chi connectivity index (χ0n) is 23.2. The Balaban J connectivity index is 1.25. The van der Waals surface area contributed by atoms with E-state index >= 15 is 0 Å². The molecule has 0 atom stereocenters. The van der Waals surface area contributed by atoms with Crippen LogP contribution >= 0.6 is 11.6 Å². The van der Waals surface area contributed by atoms with Crippen molar-refractivity contribution in [2.45, 2.75) is 43.8 Å². The lowest BCUT2D eigenvalue weighted by atomic mass is 9.93. The summed E-state index contributed by atoms with van der Waals surface area (Å²) >= 11 is 5.78. The number of likely N-dealkylation sites (tertiary alicyclic amines) is 1. The van der Waals surface area contributed by atoms with Crippen molar-refractivity contribution in [3.05, 3.63) is 87.6 Å². The molecule has 0 aliphatic carbocycles. The molecule has 4 heterocycles. The summed E-state index contributed by atoms with van der Waals surface area (Å²) in [5.74, 6) is -3.37. The molecule has 1 aliphatic rings. The van der Waals surface area contributed by atoms with Gasteiger partial charge in [-0.2, -0.15) is 18.3 Å². The van der Waals surface area contributed by atoms with E-state index in [1.165, 1.54) is 30.5 Å². The summed E-state index contributed by atoms with van der Waals surface area (Å²) in [6, 6.07) is 8.40. The highest BCUT2D eigenvalue weighted by Crippen LogP contribution is 2.31. The van der Waals surface area contributed by atoms with Crippen LogP contribution in [0, 0.1) is 11.6 Å². The van der Waals surface area contributed by atoms with E-state index < -0.39 is 33.5 Å². The molecule has 0 spiro atoms. The summed E-state index contributed by atoms with van der Waals surface area (Å²) in [5, 5.41) is 5.68. The van der Waals surface area contributed by atoms with Crippen LogP contribution in [0.1, 0.15) is 47.1 Å². The second-order valence-electron chi connectivity index (χ2n) is 10.5. The van der Waals surface area contributed by atoms with Gasteiger partial charge in [0.05, 0.1) is 11.4 Å². The van der Waals surface area contributed by atoms with Gasteiger partial charge >= 0.3 is 6.18 Å². The third kappa shape index (κ3) is 7.87. The fourth-order valence-corrected chi connectivity index (χ4v) is 5.85. The van der Waals surface area contributed by atoms with Crippen LogP contribution in [0.2, 0.25) is 5.02 Å². The number of hydrogen-bond donors (Lipinski definition) is 1. The number of rotatable bonds is 9. The molecule has 0 amide bonds. The first-order chi connectivity index (χ1) is 20.7.